The largest absolute Gasteiger partial charge is 1.00 e. The van der Waals surface area contributed by atoms with Crippen LogP contribution < -0.4 is 37.8 Å². The molecule has 0 aliphatic carbocycles. The minimum absolute atomic E-state index is 0. The van der Waals surface area contributed by atoms with E-state index in [1.54, 1.807) is 6.07 Å². The third-order valence-electron chi connectivity index (χ3n) is 10.1. The Morgan fingerprint density at radius 2 is 1.73 bits per heavy atom. The summed E-state index contributed by atoms with van der Waals surface area (Å²) in [4.78, 5) is 2.46. The number of halogens is 1. The number of nitrogens with one attached hydrogen (secondary N) is 3. The number of rotatable bonds is 11. The molecule has 44 heavy (non-hydrogen) atoms. The summed E-state index contributed by atoms with van der Waals surface area (Å²) in [5.74, 6) is 1.10. The first-order valence-corrected chi connectivity index (χ1v) is 18.5. The van der Waals surface area contributed by atoms with Crippen molar-refractivity contribution in [3.8, 4) is 0 Å². The lowest BCUT2D eigenvalue weighted by molar-refractivity contribution is -0.942. The van der Waals surface area contributed by atoms with Gasteiger partial charge in [0.05, 0.1) is 42.9 Å². The average Bonchev–Trinajstić information content (AvgIpc) is 3.08. The molecule has 3 fully saturated rings. The molecular weight excluding hydrogens is 654 g/mol. The van der Waals surface area contributed by atoms with Gasteiger partial charge in [0.25, 0.3) is 0 Å². The van der Waals surface area contributed by atoms with E-state index in [0.717, 1.165) is 67.1 Å². The Morgan fingerprint density at radius 1 is 1.05 bits per heavy atom. The monoisotopic (exact) mass is 705 g/mol. The molecule has 0 amide bonds. The molecular formula is C34H52BrN5O2S2. The molecule has 1 atom stereocenters. The Hall–Kier alpha value is -1.72. The lowest BCUT2D eigenvalue weighted by Crippen LogP contribution is -3.00. The van der Waals surface area contributed by atoms with Crippen LogP contribution in [0.5, 0.6) is 0 Å². The number of nitrogens with zero attached hydrogens (tertiary/aromatic N) is 2. The Labute approximate surface area is 281 Å². The Balaban J connectivity index is 0.00000442. The summed E-state index contributed by atoms with van der Waals surface area (Å²) in [7, 11) is 0.485. The van der Waals surface area contributed by atoms with Crippen LogP contribution in [0.1, 0.15) is 82.4 Å². The fourth-order valence-electron chi connectivity index (χ4n) is 7.88. The van der Waals surface area contributed by atoms with Crippen LogP contribution in [0.3, 0.4) is 0 Å². The highest BCUT2D eigenvalue weighted by Gasteiger charge is 2.42. The second-order valence-corrected chi connectivity index (χ2v) is 15.9. The highest BCUT2D eigenvalue weighted by atomic mass is 79.9. The summed E-state index contributed by atoms with van der Waals surface area (Å²) < 4.78 is 29.1. The first-order valence-electron chi connectivity index (χ1n) is 16.4. The maximum Gasteiger partial charge on any atom is 0.180 e. The number of anilines is 2. The zero-order chi connectivity index (χ0) is 30.7. The van der Waals surface area contributed by atoms with Gasteiger partial charge in [-0.15, -0.1) is 0 Å². The molecule has 2 aromatic carbocycles. The highest BCUT2D eigenvalue weighted by molar-refractivity contribution is 7.91. The number of quaternary nitrogens is 1. The highest BCUT2D eigenvalue weighted by Crippen LogP contribution is 2.40. The van der Waals surface area contributed by atoms with Gasteiger partial charge in [0, 0.05) is 44.0 Å². The SMILES string of the molecule is CCCC1(CCC)CS(=O)(=O)c2ccc(N(C)C)cc2C(c2cccc(NC(=S)NCCC[N+]34CCC(CC3)CC4)c2)N1.[Br-]. The molecule has 0 spiro atoms. The smallest absolute Gasteiger partial charge is 0.180 e. The first kappa shape index (κ1) is 35.1. The van der Waals surface area contributed by atoms with Gasteiger partial charge in [0.2, 0.25) is 0 Å². The lowest BCUT2D eigenvalue weighted by atomic mass is 9.85. The molecule has 0 aromatic heterocycles. The third-order valence-corrected chi connectivity index (χ3v) is 12.4. The Kier molecular flexibility index (Phi) is 11.8. The van der Waals surface area contributed by atoms with Gasteiger partial charge in [-0.3, -0.25) is 5.32 Å². The van der Waals surface area contributed by atoms with E-state index in [9.17, 15) is 8.42 Å². The average molecular weight is 707 g/mol. The molecule has 1 unspecified atom stereocenters. The molecule has 10 heteroatoms. The van der Waals surface area contributed by atoms with Crippen molar-refractivity contribution in [3.05, 3.63) is 53.6 Å². The molecule has 0 radical (unpaired) electrons. The molecule has 3 saturated heterocycles. The van der Waals surface area contributed by atoms with Gasteiger partial charge in [-0.2, -0.15) is 0 Å². The van der Waals surface area contributed by atoms with Crippen molar-refractivity contribution in [2.24, 2.45) is 5.92 Å². The van der Waals surface area contributed by atoms with E-state index in [4.69, 9.17) is 12.2 Å². The quantitative estimate of drug-likeness (QED) is 0.189. The summed E-state index contributed by atoms with van der Waals surface area (Å²) in [5, 5.41) is 11.4. The fourth-order valence-corrected chi connectivity index (χ4v) is 10.2. The number of hydrogen-bond donors (Lipinski definition) is 3. The summed E-state index contributed by atoms with van der Waals surface area (Å²) in [6.45, 7) is 10.4. The van der Waals surface area contributed by atoms with Gasteiger partial charge in [-0.25, -0.2) is 8.42 Å². The van der Waals surface area contributed by atoms with Crippen molar-refractivity contribution in [1.82, 2.24) is 10.6 Å². The number of benzene rings is 2. The molecule has 7 nitrogen and oxygen atoms in total. The van der Waals surface area contributed by atoms with Crippen molar-refractivity contribution in [1.29, 1.82) is 0 Å². The van der Waals surface area contributed by atoms with E-state index in [0.29, 0.717) is 10.0 Å². The van der Waals surface area contributed by atoms with E-state index in [1.807, 2.05) is 43.3 Å². The number of fused-ring (bicyclic) bond motifs is 4. The first-order chi connectivity index (χ1) is 20.6. The van der Waals surface area contributed by atoms with Gasteiger partial charge in [0.1, 0.15) is 0 Å². The van der Waals surface area contributed by atoms with Crippen LogP contribution in [0.4, 0.5) is 11.4 Å². The minimum atomic E-state index is -3.50. The van der Waals surface area contributed by atoms with Crippen molar-refractivity contribution >= 4 is 38.5 Å². The summed E-state index contributed by atoms with van der Waals surface area (Å²) in [6, 6.07) is 13.8. The van der Waals surface area contributed by atoms with Gasteiger partial charge in [-0.05, 0) is 91.7 Å². The standard InChI is InChI=1S/C34H51N5O2S2.BrH/c1-5-16-34(17-6-2)25-43(40,41)31-12-11-29(38(3)4)24-30(31)32(37-34)27-9-7-10-28(23-27)36-33(42)35-18-8-19-39-20-13-26(14-21-39)15-22-39;/h7,9-12,23-24,26,32,37H,5-6,8,13-22,25H2,1-4H3,(H-,35,36,42);1H. The van der Waals surface area contributed by atoms with E-state index >= 15 is 0 Å². The van der Waals surface area contributed by atoms with Crippen molar-refractivity contribution in [2.75, 3.05) is 62.8 Å². The van der Waals surface area contributed by atoms with Crippen LogP contribution in [-0.2, 0) is 9.84 Å². The lowest BCUT2D eigenvalue weighted by Gasteiger charge is -2.49. The maximum atomic E-state index is 13.9. The van der Waals surface area contributed by atoms with Crippen LogP contribution in [0.15, 0.2) is 47.4 Å². The van der Waals surface area contributed by atoms with Crippen molar-refractivity contribution in [2.45, 2.75) is 81.7 Å². The molecule has 244 valence electrons. The summed E-state index contributed by atoms with van der Waals surface area (Å²) in [6.07, 6.45) is 8.77. The summed E-state index contributed by atoms with van der Waals surface area (Å²) >= 11 is 5.71. The second-order valence-electron chi connectivity index (χ2n) is 13.6. The van der Waals surface area contributed by atoms with Gasteiger partial charge < -0.3 is 37.0 Å². The van der Waals surface area contributed by atoms with E-state index < -0.39 is 15.4 Å². The van der Waals surface area contributed by atoms with E-state index in [1.165, 1.54) is 49.9 Å². The fraction of sp³-hybridized carbons (Fsp3) is 0.618. The number of piperidine rings is 3. The van der Waals surface area contributed by atoms with E-state index in [-0.39, 0.29) is 28.8 Å². The molecule has 6 rings (SSSR count). The van der Waals surface area contributed by atoms with Crippen molar-refractivity contribution < 1.29 is 29.9 Å². The molecule has 2 bridgehead atoms. The van der Waals surface area contributed by atoms with Crippen molar-refractivity contribution in [3.63, 3.8) is 0 Å². The number of thiocarbonyl (C=S) groups is 1. The second kappa shape index (κ2) is 14.8. The molecule has 3 N–H and O–H groups in total. The van der Waals surface area contributed by atoms with Crippen LogP contribution in [0.25, 0.3) is 0 Å². The molecule has 4 heterocycles. The van der Waals surface area contributed by atoms with Gasteiger partial charge >= 0.3 is 0 Å². The van der Waals surface area contributed by atoms with Crippen LogP contribution in [-0.4, -0.2) is 76.1 Å². The summed E-state index contributed by atoms with van der Waals surface area (Å²) in [5.41, 5.74) is 3.24. The zero-order valence-corrected chi connectivity index (χ0v) is 30.2. The number of sulfone groups is 1. The molecule has 4 aliphatic rings. The van der Waals surface area contributed by atoms with E-state index in [2.05, 4.69) is 41.9 Å². The molecule has 4 aliphatic heterocycles. The normalized spacial score (nSPS) is 24.8. The van der Waals surface area contributed by atoms with Crippen LogP contribution in [0.2, 0.25) is 0 Å². The Bertz CT molecular complexity index is 1370. The third kappa shape index (κ3) is 7.97. The maximum absolute atomic E-state index is 13.9. The predicted octanol–water partition coefficient (Wildman–Crippen LogP) is 2.87. The minimum Gasteiger partial charge on any atom is -1.00 e. The predicted molar refractivity (Wildman–Crippen MR) is 183 cm³/mol. The molecule has 2 aromatic rings. The van der Waals surface area contributed by atoms with Crippen LogP contribution >= 0.6 is 12.2 Å². The topological polar surface area (TPSA) is 73.5 Å². The Morgan fingerprint density at radius 3 is 2.36 bits per heavy atom. The molecule has 0 saturated carbocycles. The van der Waals surface area contributed by atoms with Gasteiger partial charge in [-0.1, -0.05) is 38.8 Å². The van der Waals surface area contributed by atoms with Crippen LogP contribution in [0, 0.1) is 5.92 Å². The zero-order valence-electron chi connectivity index (χ0n) is 27.0. The number of hydrogen-bond acceptors (Lipinski definition) is 5. The van der Waals surface area contributed by atoms with Gasteiger partial charge in [0.15, 0.2) is 14.9 Å².